The Balaban J connectivity index is 0.000000155. The number of aryl methyl sites for hydroxylation is 2. The van der Waals surface area contributed by atoms with Gasteiger partial charge in [-0.2, -0.15) is 19.8 Å². The number of aliphatic hydroxyl groups is 2. The van der Waals surface area contributed by atoms with Gasteiger partial charge in [0.15, 0.2) is 11.6 Å². The molecule has 2 amide bonds. The van der Waals surface area contributed by atoms with E-state index in [4.69, 9.17) is 29.0 Å². The zero-order valence-corrected chi connectivity index (χ0v) is 38.2. The molecule has 0 aliphatic carbocycles. The van der Waals surface area contributed by atoms with Crippen LogP contribution in [0.5, 0.6) is 0 Å². The molecule has 0 bridgehead atoms. The number of nitrogens with zero attached hydrogens (tertiary/aromatic N) is 10. The summed E-state index contributed by atoms with van der Waals surface area (Å²) in [7, 11) is 2.67. The zero-order chi connectivity index (χ0) is 47.3. The minimum absolute atomic E-state index is 0.179. The van der Waals surface area contributed by atoms with Gasteiger partial charge in [0.25, 0.3) is 0 Å². The first-order valence-electron chi connectivity index (χ1n) is 20.4. The van der Waals surface area contributed by atoms with E-state index in [2.05, 4.69) is 56.9 Å². The second kappa shape index (κ2) is 19.9. The number of hydrogen-bond donors (Lipinski definition) is 4. The van der Waals surface area contributed by atoms with Crippen molar-refractivity contribution in [3.63, 3.8) is 0 Å². The molecule has 2 aromatic carbocycles. The van der Waals surface area contributed by atoms with E-state index in [9.17, 15) is 18.4 Å². The van der Waals surface area contributed by atoms with E-state index in [-0.39, 0.29) is 31.8 Å². The van der Waals surface area contributed by atoms with Crippen LogP contribution < -0.4 is 25.9 Å². The van der Waals surface area contributed by atoms with E-state index in [1.54, 1.807) is 75.3 Å². The number of aliphatic hydroxyl groups excluding tert-OH is 2. The molecule has 24 heteroatoms. The minimum atomic E-state index is -0.806. The Labute approximate surface area is 386 Å². The maximum absolute atomic E-state index is 14.7. The zero-order valence-electron chi connectivity index (χ0n) is 36.6. The summed E-state index contributed by atoms with van der Waals surface area (Å²) in [5.74, 6) is 1.52. The highest BCUT2D eigenvalue weighted by atomic mass is 79.9. The molecular weight excluding hydrogens is 929 g/mol. The molecule has 9 rings (SSSR count). The van der Waals surface area contributed by atoms with Gasteiger partial charge in [0.2, 0.25) is 0 Å². The van der Waals surface area contributed by atoms with E-state index in [0.717, 1.165) is 10.3 Å². The Morgan fingerprint density at radius 3 is 1.61 bits per heavy atom. The minimum Gasteiger partial charge on any atom is -0.441 e. The summed E-state index contributed by atoms with van der Waals surface area (Å²) in [5.41, 5.74) is 0.847. The third kappa shape index (κ3) is 11.1. The van der Waals surface area contributed by atoms with E-state index in [1.807, 2.05) is 39.8 Å². The Morgan fingerprint density at radius 1 is 0.697 bits per heavy atom. The van der Waals surface area contributed by atoms with Crippen LogP contribution in [0.3, 0.4) is 0 Å². The van der Waals surface area contributed by atoms with Crippen LogP contribution in [0.2, 0.25) is 0 Å². The van der Waals surface area contributed by atoms with Crippen LogP contribution in [-0.4, -0.2) is 119 Å². The van der Waals surface area contributed by atoms with Gasteiger partial charge in [-0.25, -0.2) is 28.3 Å². The fraction of sp³-hybridized carbons (Fsp3) is 0.333. The first-order chi connectivity index (χ1) is 31.4. The summed E-state index contributed by atoms with van der Waals surface area (Å²) in [4.78, 5) is 37.5. The number of ether oxygens (including phenoxy) is 2. The van der Waals surface area contributed by atoms with E-state index < -0.39 is 54.3 Å². The van der Waals surface area contributed by atoms with Gasteiger partial charge in [0.1, 0.15) is 35.5 Å². The van der Waals surface area contributed by atoms with Gasteiger partial charge < -0.3 is 39.6 Å². The Bertz CT molecular complexity index is 2640. The van der Waals surface area contributed by atoms with Crippen molar-refractivity contribution in [3.8, 4) is 11.1 Å². The summed E-state index contributed by atoms with van der Waals surface area (Å²) in [6.45, 7) is 7.41. The molecule has 3 fully saturated rings. The van der Waals surface area contributed by atoms with Crippen LogP contribution in [0.15, 0.2) is 89.9 Å². The number of aromatic nitrogens is 8. The molecule has 0 radical (unpaired) electrons. The molecule has 7 heterocycles. The lowest BCUT2D eigenvalue weighted by molar-refractivity contribution is 0.00578. The number of cyclic esters (lactones) is 2. The van der Waals surface area contributed by atoms with Gasteiger partial charge in [0.05, 0.1) is 61.3 Å². The highest BCUT2D eigenvalue weighted by Crippen LogP contribution is 2.37. The van der Waals surface area contributed by atoms with Crippen molar-refractivity contribution < 1.29 is 47.4 Å². The van der Waals surface area contributed by atoms with Gasteiger partial charge in [-0.1, -0.05) is 6.07 Å². The van der Waals surface area contributed by atoms with E-state index in [0.29, 0.717) is 40.0 Å². The summed E-state index contributed by atoms with van der Waals surface area (Å²) in [6, 6.07) is 16.1. The SMILES string of the molecule is CC1(C)OB(c2ccc(N3C[C@H](CO)OC3=O)cc2F)OC1(C)C.Cn1ncc(Nc2ccc(-c3ccc(N4C[C@H](CO)OC4=O)cc3F)cn2)n1.Cn1ncc(Nc2ccc(Br)cn2)n1. The third-order valence-electron chi connectivity index (χ3n) is 10.7. The Morgan fingerprint density at radius 2 is 1.20 bits per heavy atom. The fourth-order valence-electron chi connectivity index (χ4n) is 6.55. The molecule has 0 spiro atoms. The lowest BCUT2D eigenvalue weighted by Gasteiger charge is -2.32. The number of anilines is 6. The van der Waals surface area contributed by atoms with E-state index >= 15 is 0 Å². The molecule has 3 aliphatic rings. The molecule has 4 aromatic heterocycles. The van der Waals surface area contributed by atoms with Crippen LogP contribution >= 0.6 is 15.9 Å². The maximum Gasteiger partial charge on any atom is 0.497 e. The normalized spacial score (nSPS) is 18.3. The molecule has 20 nitrogen and oxygen atoms in total. The van der Waals surface area contributed by atoms with Gasteiger partial charge in [-0.15, -0.1) is 10.2 Å². The smallest absolute Gasteiger partial charge is 0.441 e. The molecule has 0 saturated carbocycles. The Kier molecular flexibility index (Phi) is 14.3. The topological polar surface area (TPSA) is 229 Å². The van der Waals surface area contributed by atoms with Gasteiger partial charge >= 0.3 is 19.3 Å². The number of pyridine rings is 2. The monoisotopic (exact) mass is 974 g/mol. The molecule has 4 N–H and O–H groups in total. The molecule has 3 saturated heterocycles. The molecule has 346 valence electrons. The standard InChI is InChI=1S/C18H17FN6O3.C16H21BFNO5.C8H8BrN5/c1-24-21-8-17(23-24)22-16-5-2-11(7-20-16)14-4-3-12(6-15(14)19)25-9-13(10-26)28-18(25)27;1-15(2)16(3,4)24-17(23-15)12-6-5-10(7-13(12)18)19-8-11(9-20)22-14(19)21;1-14-11-5-8(13-14)12-7-3-2-6(9)4-10-7/h2-8,13,26H,9-10H2,1H3,(H,20,22,23);5-7,11,20H,8-9H2,1-4H3;2-5H,1H3,(H,10,12,13)/t13-;11-;/m11./s1. The van der Waals surface area contributed by atoms with Crippen molar-refractivity contribution >= 4 is 75.3 Å². The predicted octanol–water partition coefficient (Wildman–Crippen LogP) is 5.24. The lowest BCUT2D eigenvalue weighted by atomic mass is 9.78. The van der Waals surface area contributed by atoms with Gasteiger partial charge in [-0.05, 0) is 98.2 Å². The van der Waals surface area contributed by atoms with Crippen molar-refractivity contribution in [2.75, 3.05) is 46.7 Å². The molecular formula is C42H46BBrF2N12O8. The number of carbonyl (C=O) groups excluding carboxylic acids is 2. The number of rotatable bonds is 10. The van der Waals surface area contributed by atoms with Crippen LogP contribution in [0.4, 0.5) is 53.0 Å². The van der Waals surface area contributed by atoms with Gasteiger partial charge in [0, 0.05) is 47.6 Å². The lowest BCUT2D eigenvalue weighted by Crippen LogP contribution is -2.41. The van der Waals surface area contributed by atoms with Crippen molar-refractivity contribution in [1.29, 1.82) is 0 Å². The summed E-state index contributed by atoms with van der Waals surface area (Å²) < 4.78 is 51.8. The summed E-state index contributed by atoms with van der Waals surface area (Å²) in [5, 5.41) is 40.3. The number of hydrogen-bond acceptors (Lipinski definition) is 16. The van der Waals surface area contributed by atoms with Crippen molar-refractivity contribution in [3.05, 3.63) is 102 Å². The highest BCUT2D eigenvalue weighted by Gasteiger charge is 2.52. The summed E-state index contributed by atoms with van der Waals surface area (Å²) in [6.07, 6.45) is 4.07. The first kappa shape index (κ1) is 47.4. The van der Waals surface area contributed by atoms with Crippen LogP contribution in [0.1, 0.15) is 27.7 Å². The quantitative estimate of drug-likeness (QED) is 0.129. The molecule has 66 heavy (non-hydrogen) atoms. The number of nitrogens with one attached hydrogen (secondary N) is 2. The third-order valence-corrected chi connectivity index (χ3v) is 11.2. The number of benzene rings is 2. The maximum atomic E-state index is 14.7. The average molecular weight is 976 g/mol. The summed E-state index contributed by atoms with van der Waals surface area (Å²) >= 11 is 3.31. The predicted molar refractivity (Wildman–Crippen MR) is 242 cm³/mol. The Hall–Kier alpha value is -6.60. The first-order valence-corrected chi connectivity index (χ1v) is 21.2. The molecule has 6 aromatic rings. The number of carbonyl (C=O) groups is 2. The van der Waals surface area contributed by atoms with Gasteiger partial charge in [-0.3, -0.25) is 9.80 Å². The van der Waals surface area contributed by atoms with Crippen LogP contribution in [0, 0.1) is 11.6 Å². The second-order valence-electron chi connectivity index (χ2n) is 16.0. The molecule has 0 unspecified atom stereocenters. The largest absolute Gasteiger partial charge is 0.497 e. The fourth-order valence-corrected chi connectivity index (χ4v) is 6.79. The molecule has 3 aliphatic heterocycles. The second-order valence-corrected chi connectivity index (χ2v) is 17.0. The molecule has 2 atom stereocenters. The van der Waals surface area contributed by atoms with Crippen molar-refractivity contribution in [1.82, 2.24) is 40.0 Å². The average Bonchev–Trinajstić information content (AvgIpc) is 4.11. The van der Waals surface area contributed by atoms with Crippen molar-refractivity contribution in [2.24, 2.45) is 14.1 Å². The van der Waals surface area contributed by atoms with Crippen molar-refractivity contribution in [2.45, 2.75) is 51.1 Å². The van der Waals surface area contributed by atoms with Crippen LogP contribution in [-0.2, 0) is 32.9 Å². The van der Waals surface area contributed by atoms with E-state index in [1.165, 1.54) is 31.5 Å². The number of amides is 2. The number of halogens is 3. The highest BCUT2D eigenvalue weighted by molar-refractivity contribution is 9.10. The van der Waals surface area contributed by atoms with Crippen LogP contribution in [0.25, 0.3) is 11.1 Å².